The molecular formula is C24H38N8O7. The molecule has 2 aromatic heterocycles. The zero-order valence-electron chi connectivity index (χ0n) is 23.7. The molecule has 0 unspecified atom stereocenters. The number of carbonyl (C=O) groups is 3. The molecule has 0 bridgehead atoms. The van der Waals surface area contributed by atoms with Gasteiger partial charge in [0.1, 0.15) is 34.9 Å². The van der Waals surface area contributed by atoms with Crippen LogP contribution in [0.4, 0.5) is 20.3 Å². The minimum atomic E-state index is -1.05. The van der Waals surface area contributed by atoms with Crippen LogP contribution in [0.5, 0.6) is 0 Å². The number of fused-ring (bicyclic) bond motifs is 1. The number of ether oxygens (including phenoxy) is 3. The van der Waals surface area contributed by atoms with Crippen LogP contribution in [0.1, 0.15) is 74.0 Å². The predicted molar refractivity (Wildman–Crippen MR) is 140 cm³/mol. The van der Waals surface area contributed by atoms with Crippen LogP contribution in [0.2, 0.25) is 0 Å². The summed E-state index contributed by atoms with van der Waals surface area (Å²) in [6, 6.07) is -2.92. The van der Waals surface area contributed by atoms with Crippen LogP contribution in [0.25, 0.3) is 5.65 Å². The molecule has 1 aliphatic heterocycles. The number of nitrogens with two attached hydrogens (primary N) is 1. The molecule has 39 heavy (non-hydrogen) atoms. The Balaban J connectivity index is 2.13. The van der Waals surface area contributed by atoms with Crippen molar-refractivity contribution in [1.82, 2.24) is 34.9 Å². The van der Waals surface area contributed by atoms with E-state index in [1.54, 1.807) is 62.3 Å². The smallest absolute Gasteiger partial charge is 0.411 e. The highest BCUT2D eigenvalue weighted by Gasteiger charge is 2.50. The first-order chi connectivity index (χ1) is 17.7. The lowest BCUT2D eigenvalue weighted by atomic mass is 10.0. The van der Waals surface area contributed by atoms with Gasteiger partial charge in [-0.25, -0.2) is 28.6 Å². The Labute approximate surface area is 225 Å². The van der Waals surface area contributed by atoms with E-state index in [2.05, 4.69) is 25.6 Å². The number of anilines is 1. The van der Waals surface area contributed by atoms with Crippen molar-refractivity contribution in [2.24, 2.45) is 0 Å². The molecule has 1 saturated heterocycles. The Kier molecular flexibility index (Phi) is 7.77. The van der Waals surface area contributed by atoms with Crippen molar-refractivity contribution in [2.75, 3.05) is 12.3 Å². The Morgan fingerprint density at radius 1 is 0.949 bits per heavy atom. The van der Waals surface area contributed by atoms with Gasteiger partial charge in [0.05, 0.1) is 12.1 Å². The number of nitrogen functional groups attached to an aromatic ring is 1. The topological polar surface area (TPSA) is 195 Å². The molecule has 3 atom stereocenters. The first-order valence-corrected chi connectivity index (χ1v) is 12.5. The highest BCUT2D eigenvalue weighted by Crippen LogP contribution is 2.35. The maximum Gasteiger partial charge on any atom is 0.411 e. The first-order valence-electron chi connectivity index (χ1n) is 12.5. The standard InChI is InChI=1S/C24H38N8O7/c1-22(2,3)37-19(34)27-12-10-31(21(36)39-24(7,8)9)15(13(12)28-20(35)38-23(4,5)6)14-16-29-17(25)30-18(33)32(16)11-26-14/h11-13,15H,10H2,1-9H3,(H,27,34)(H,28,35)(H3,25,29,30,33)/t12-,13+,15+/m0/s1. The van der Waals surface area contributed by atoms with E-state index >= 15 is 0 Å². The fourth-order valence-corrected chi connectivity index (χ4v) is 4.03. The molecule has 15 nitrogen and oxygen atoms in total. The minimum absolute atomic E-state index is 0.0590. The van der Waals surface area contributed by atoms with Gasteiger partial charge in [0.2, 0.25) is 5.95 Å². The molecule has 0 saturated carbocycles. The zero-order chi connectivity index (χ0) is 29.5. The molecule has 5 N–H and O–H groups in total. The largest absolute Gasteiger partial charge is 0.444 e. The quantitative estimate of drug-likeness (QED) is 0.411. The summed E-state index contributed by atoms with van der Waals surface area (Å²) in [5.41, 5.74) is 2.90. The van der Waals surface area contributed by atoms with Gasteiger partial charge in [-0.3, -0.25) is 9.88 Å². The molecule has 15 heteroatoms. The summed E-state index contributed by atoms with van der Waals surface area (Å²) < 4.78 is 17.6. The maximum absolute atomic E-state index is 13.4. The molecule has 1 aliphatic rings. The molecule has 216 valence electrons. The summed E-state index contributed by atoms with van der Waals surface area (Å²) >= 11 is 0. The third-order valence-corrected chi connectivity index (χ3v) is 5.25. The van der Waals surface area contributed by atoms with Gasteiger partial charge in [-0.15, -0.1) is 0 Å². The van der Waals surface area contributed by atoms with Crippen molar-refractivity contribution >= 4 is 29.9 Å². The van der Waals surface area contributed by atoms with Crippen molar-refractivity contribution in [3.63, 3.8) is 0 Å². The molecule has 2 aromatic rings. The molecule has 3 amide bonds. The molecular weight excluding hydrogens is 512 g/mol. The Bertz CT molecular complexity index is 1300. The van der Waals surface area contributed by atoms with E-state index in [-0.39, 0.29) is 23.8 Å². The number of amides is 3. The molecule has 0 aliphatic carbocycles. The van der Waals surface area contributed by atoms with Crippen LogP contribution in [0.15, 0.2) is 11.1 Å². The SMILES string of the molecule is CC(C)(C)OC(=O)N[C@@H]1[C@@H](NC(=O)OC(C)(C)C)CN(C(=O)OC(C)(C)C)[C@H]1c1ncn2c(=O)[nH]c(N)nc12. The van der Waals surface area contributed by atoms with Crippen LogP contribution < -0.4 is 22.1 Å². The van der Waals surface area contributed by atoms with E-state index < -0.39 is 58.9 Å². The van der Waals surface area contributed by atoms with Crippen LogP contribution in [0.3, 0.4) is 0 Å². The number of hydrogen-bond acceptors (Lipinski definition) is 10. The summed E-state index contributed by atoms with van der Waals surface area (Å²) in [6.07, 6.45) is -1.08. The van der Waals surface area contributed by atoms with E-state index in [4.69, 9.17) is 19.9 Å². The van der Waals surface area contributed by atoms with Crippen molar-refractivity contribution in [3.05, 3.63) is 22.5 Å². The lowest BCUT2D eigenvalue weighted by Crippen LogP contribution is -2.53. The molecule has 3 heterocycles. The highest BCUT2D eigenvalue weighted by atomic mass is 16.6. The monoisotopic (exact) mass is 550 g/mol. The summed E-state index contributed by atoms with van der Waals surface area (Å²) in [5, 5.41) is 5.49. The van der Waals surface area contributed by atoms with Gasteiger partial charge >= 0.3 is 24.0 Å². The average Bonchev–Trinajstić information content (AvgIpc) is 3.25. The fraction of sp³-hybridized carbons (Fsp3) is 0.667. The number of nitrogens with zero attached hydrogens (tertiary/aromatic N) is 4. The molecule has 0 spiro atoms. The van der Waals surface area contributed by atoms with Gasteiger partial charge in [-0.2, -0.15) is 4.98 Å². The number of carbonyl (C=O) groups excluding carboxylic acids is 3. The lowest BCUT2D eigenvalue weighted by Gasteiger charge is -2.30. The maximum atomic E-state index is 13.4. The number of aromatic nitrogens is 4. The number of hydrogen-bond donors (Lipinski definition) is 4. The minimum Gasteiger partial charge on any atom is -0.444 e. The van der Waals surface area contributed by atoms with Gasteiger partial charge in [-0.1, -0.05) is 0 Å². The second-order valence-corrected chi connectivity index (χ2v) is 12.3. The normalized spacial score (nSPS) is 20.0. The van der Waals surface area contributed by atoms with E-state index in [0.29, 0.717) is 0 Å². The van der Waals surface area contributed by atoms with Crippen LogP contribution >= 0.6 is 0 Å². The molecule has 0 radical (unpaired) electrons. The van der Waals surface area contributed by atoms with E-state index in [1.807, 2.05) is 0 Å². The first kappa shape index (κ1) is 29.5. The number of alkyl carbamates (subject to hydrolysis) is 2. The Morgan fingerprint density at radius 2 is 1.49 bits per heavy atom. The fourth-order valence-electron chi connectivity index (χ4n) is 4.03. The number of H-pyrrole nitrogens is 1. The number of imidazole rings is 1. The van der Waals surface area contributed by atoms with E-state index in [9.17, 15) is 19.2 Å². The van der Waals surface area contributed by atoms with Crippen LogP contribution in [-0.4, -0.2) is 78.0 Å². The van der Waals surface area contributed by atoms with Gasteiger partial charge in [0.15, 0.2) is 5.65 Å². The van der Waals surface area contributed by atoms with E-state index in [0.717, 1.165) is 4.40 Å². The highest BCUT2D eigenvalue weighted by molar-refractivity contribution is 5.74. The third kappa shape index (κ3) is 7.51. The second-order valence-electron chi connectivity index (χ2n) is 12.3. The molecule has 0 aromatic carbocycles. The number of likely N-dealkylation sites (tertiary alicyclic amines) is 1. The number of nitrogens with one attached hydrogen (secondary N) is 3. The molecule has 3 rings (SSSR count). The van der Waals surface area contributed by atoms with Crippen molar-refractivity contribution in [3.8, 4) is 0 Å². The van der Waals surface area contributed by atoms with Gasteiger partial charge in [0, 0.05) is 6.54 Å². The van der Waals surface area contributed by atoms with Gasteiger partial charge in [-0.05, 0) is 62.3 Å². The summed E-state index contributed by atoms with van der Waals surface area (Å²) in [6.45, 7) is 15.2. The molecule has 1 fully saturated rings. The average molecular weight is 551 g/mol. The van der Waals surface area contributed by atoms with Crippen molar-refractivity contribution in [1.29, 1.82) is 0 Å². The van der Waals surface area contributed by atoms with Crippen LogP contribution in [0, 0.1) is 0 Å². The third-order valence-electron chi connectivity index (χ3n) is 5.25. The van der Waals surface area contributed by atoms with Crippen molar-refractivity contribution in [2.45, 2.75) is 97.2 Å². The summed E-state index contributed by atoms with van der Waals surface area (Å²) in [7, 11) is 0. The lowest BCUT2D eigenvalue weighted by molar-refractivity contribution is 0.0195. The summed E-state index contributed by atoms with van der Waals surface area (Å²) in [5.74, 6) is -0.170. The van der Waals surface area contributed by atoms with Crippen LogP contribution in [-0.2, 0) is 14.2 Å². The van der Waals surface area contributed by atoms with Gasteiger partial charge in [0.25, 0.3) is 0 Å². The zero-order valence-corrected chi connectivity index (χ0v) is 23.7. The van der Waals surface area contributed by atoms with Gasteiger partial charge < -0.3 is 30.6 Å². The predicted octanol–water partition coefficient (Wildman–Crippen LogP) is 2.08. The Hall–Kier alpha value is -4.04. The second kappa shape index (κ2) is 10.3. The summed E-state index contributed by atoms with van der Waals surface area (Å²) in [4.78, 5) is 63.8. The number of aromatic amines is 1. The van der Waals surface area contributed by atoms with Crippen molar-refractivity contribution < 1.29 is 28.6 Å². The number of rotatable bonds is 3. The van der Waals surface area contributed by atoms with E-state index in [1.165, 1.54) is 11.2 Å². The Morgan fingerprint density at radius 3 is 2.03 bits per heavy atom.